The van der Waals surface area contributed by atoms with E-state index >= 15 is 0 Å². The zero-order valence-corrected chi connectivity index (χ0v) is 25.4. The number of fused-ring (bicyclic) bond motifs is 1. The van der Waals surface area contributed by atoms with Crippen LogP contribution >= 0.6 is 0 Å². The molecule has 12 heteroatoms. The summed E-state index contributed by atoms with van der Waals surface area (Å²) < 4.78 is 27.8. The largest absolute Gasteiger partial charge is 0.533 e. The number of nitrogens with one attached hydrogen (secondary N) is 1. The summed E-state index contributed by atoms with van der Waals surface area (Å²) in [4.78, 5) is 51.4. The molecule has 0 aromatic rings. The maximum Gasteiger partial charge on any atom is 0.533 e. The maximum absolute atomic E-state index is 12.0. The molecule has 0 unspecified atom stereocenters. The maximum atomic E-state index is 12.0. The van der Waals surface area contributed by atoms with Crippen LogP contribution in [-0.2, 0) is 38.1 Å². The lowest BCUT2D eigenvalue weighted by atomic mass is 10.0. The quantitative estimate of drug-likeness (QED) is 0.115. The summed E-state index contributed by atoms with van der Waals surface area (Å²) in [6.07, 6.45) is 3.65. The normalized spacial score (nSPS) is 21.9. The van der Waals surface area contributed by atoms with E-state index in [-0.39, 0.29) is 19.4 Å². The Bertz CT molecular complexity index is 968. The fourth-order valence-corrected chi connectivity index (χ4v) is 5.07. The number of carbonyl (C=O) groups excluding carboxylic acids is 4. The van der Waals surface area contributed by atoms with E-state index in [0.717, 1.165) is 25.7 Å². The molecule has 0 radical (unpaired) electrons. The number of nitrogens with zero attached hydrogens (tertiary/aromatic N) is 1. The predicted molar refractivity (Wildman–Crippen MR) is 150 cm³/mol. The SMILES string of the molecule is CC(C)(CCOC(=O)ON1C(=O)CCC1=O)OCCC(C)(C)OCCOCCNC(=O)OC[C@@H]1[C@@H]2CCC#CCC[C@@H]21. The van der Waals surface area contributed by atoms with Crippen molar-refractivity contribution in [2.45, 2.75) is 90.3 Å². The van der Waals surface area contributed by atoms with Gasteiger partial charge in [0.15, 0.2) is 0 Å². The Morgan fingerprint density at radius 3 is 2.07 bits per heavy atom. The van der Waals surface area contributed by atoms with Crippen LogP contribution in [0.5, 0.6) is 0 Å². The van der Waals surface area contributed by atoms with E-state index in [1.807, 2.05) is 27.7 Å². The standard InChI is InChI=1S/C30H46N2O10/c1-29(2,13-16-38-28(36)42-32-25(33)11-12-26(32)34)40-17-14-30(3,4)41-20-19-37-18-15-31-27(35)39-21-24-22-9-7-5-6-8-10-23(22)24/h22-24H,7-21H2,1-4H3,(H,31,35)/t22-,23+,24-. The molecule has 1 aliphatic heterocycles. The van der Waals surface area contributed by atoms with E-state index in [1.54, 1.807) is 0 Å². The van der Waals surface area contributed by atoms with Crippen LogP contribution in [0.2, 0.25) is 0 Å². The van der Waals surface area contributed by atoms with Crippen LogP contribution in [0.3, 0.4) is 0 Å². The van der Waals surface area contributed by atoms with E-state index < -0.39 is 35.3 Å². The van der Waals surface area contributed by atoms with Gasteiger partial charge in [-0.1, -0.05) is 5.06 Å². The molecule has 1 saturated carbocycles. The fraction of sp³-hybridized carbons (Fsp3) is 0.800. The number of hydroxylamine groups is 2. The van der Waals surface area contributed by atoms with Crippen molar-refractivity contribution < 1.29 is 47.7 Å². The van der Waals surface area contributed by atoms with Crippen molar-refractivity contribution in [3.63, 3.8) is 0 Å². The van der Waals surface area contributed by atoms with E-state index in [2.05, 4.69) is 22.0 Å². The van der Waals surface area contributed by atoms with Gasteiger partial charge in [-0.2, -0.15) is 0 Å². The lowest BCUT2D eigenvalue weighted by Gasteiger charge is -2.29. The fourth-order valence-electron chi connectivity index (χ4n) is 5.07. The Hall–Kier alpha value is -2.88. The number of hydrogen-bond acceptors (Lipinski definition) is 10. The summed E-state index contributed by atoms with van der Waals surface area (Å²) in [5.41, 5.74) is -1.03. The number of hydrogen-bond donors (Lipinski definition) is 1. The third-order valence-corrected chi connectivity index (χ3v) is 7.77. The summed E-state index contributed by atoms with van der Waals surface area (Å²) >= 11 is 0. The Labute approximate surface area is 248 Å². The highest BCUT2D eigenvalue weighted by molar-refractivity contribution is 6.01. The highest BCUT2D eigenvalue weighted by Crippen LogP contribution is 2.52. The van der Waals surface area contributed by atoms with Crippen molar-refractivity contribution in [3.8, 4) is 11.8 Å². The van der Waals surface area contributed by atoms with Gasteiger partial charge in [-0.25, -0.2) is 9.59 Å². The first-order valence-corrected chi connectivity index (χ1v) is 14.9. The van der Waals surface area contributed by atoms with Crippen molar-refractivity contribution in [2.24, 2.45) is 17.8 Å². The summed E-state index contributed by atoms with van der Waals surface area (Å²) in [5.74, 6) is 7.03. The Morgan fingerprint density at radius 2 is 1.43 bits per heavy atom. The lowest BCUT2D eigenvalue weighted by molar-refractivity contribution is -0.177. The van der Waals surface area contributed by atoms with Gasteiger partial charge in [0.25, 0.3) is 11.8 Å². The van der Waals surface area contributed by atoms with Gasteiger partial charge < -0.3 is 29.0 Å². The number of rotatable bonds is 17. The predicted octanol–water partition coefficient (Wildman–Crippen LogP) is 3.76. The summed E-state index contributed by atoms with van der Waals surface area (Å²) in [6, 6.07) is 0. The smallest absolute Gasteiger partial charge is 0.449 e. The molecule has 3 atom stereocenters. The molecule has 0 bridgehead atoms. The van der Waals surface area contributed by atoms with E-state index in [0.29, 0.717) is 75.2 Å². The molecule has 2 fully saturated rings. The Balaban J connectivity index is 1.15. The number of carbonyl (C=O) groups is 4. The van der Waals surface area contributed by atoms with Crippen LogP contribution in [0, 0.1) is 29.6 Å². The third-order valence-electron chi connectivity index (χ3n) is 7.77. The molecule has 3 amide bonds. The Morgan fingerprint density at radius 1 is 0.833 bits per heavy atom. The van der Waals surface area contributed by atoms with Crippen LogP contribution in [-0.4, -0.2) is 86.5 Å². The van der Waals surface area contributed by atoms with Crippen LogP contribution < -0.4 is 5.32 Å². The molecule has 42 heavy (non-hydrogen) atoms. The summed E-state index contributed by atoms with van der Waals surface area (Å²) in [6.45, 7) is 10.1. The number of alkyl carbamates (subject to hydrolysis) is 1. The molecule has 3 aliphatic rings. The first kappa shape index (κ1) is 33.6. The van der Waals surface area contributed by atoms with Crippen molar-refractivity contribution in [1.82, 2.24) is 10.4 Å². The highest BCUT2D eigenvalue weighted by atomic mass is 16.8. The first-order chi connectivity index (χ1) is 20.0. The molecule has 12 nitrogen and oxygen atoms in total. The van der Waals surface area contributed by atoms with E-state index in [9.17, 15) is 19.2 Å². The van der Waals surface area contributed by atoms with Crippen LogP contribution in [0.15, 0.2) is 0 Å². The second-order valence-corrected chi connectivity index (χ2v) is 12.0. The van der Waals surface area contributed by atoms with Crippen molar-refractivity contribution in [2.75, 3.05) is 46.2 Å². The minimum atomic E-state index is -1.10. The molecular weight excluding hydrogens is 548 g/mol. The molecule has 1 heterocycles. The molecule has 0 aromatic carbocycles. The molecule has 3 rings (SSSR count). The topological polar surface area (TPSA) is 139 Å². The van der Waals surface area contributed by atoms with E-state index in [1.165, 1.54) is 0 Å². The lowest BCUT2D eigenvalue weighted by Crippen LogP contribution is -2.34. The van der Waals surface area contributed by atoms with Gasteiger partial charge in [-0.3, -0.25) is 14.4 Å². The van der Waals surface area contributed by atoms with Crippen LogP contribution in [0.25, 0.3) is 0 Å². The van der Waals surface area contributed by atoms with Gasteiger partial charge in [0.1, 0.15) is 0 Å². The van der Waals surface area contributed by atoms with Crippen LogP contribution in [0.4, 0.5) is 9.59 Å². The number of imide groups is 1. The average molecular weight is 595 g/mol. The molecule has 0 aromatic heterocycles. The van der Waals surface area contributed by atoms with Gasteiger partial charge in [-0.05, 0) is 64.7 Å². The molecule has 2 aliphatic carbocycles. The summed E-state index contributed by atoms with van der Waals surface area (Å²) in [7, 11) is 0. The average Bonchev–Trinajstić information content (AvgIpc) is 3.45. The van der Waals surface area contributed by atoms with Crippen molar-refractivity contribution in [1.29, 1.82) is 0 Å². The molecule has 236 valence electrons. The number of ether oxygens (including phenoxy) is 5. The second-order valence-electron chi connectivity index (χ2n) is 12.0. The minimum Gasteiger partial charge on any atom is -0.449 e. The van der Waals surface area contributed by atoms with Gasteiger partial charge in [0, 0.05) is 38.6 Å². The number of amides is 3. The summed E-state index contributed by atoms with van der Waals surface area (Å²) in [5, 5.41) is 3.18. The van der Waals surface area contributed by atoms with Crippen LogP contribution in [0.1, 0.15) is 79.1 Å². The molecule has 1 saturated heterocycles. The van der Waals surface area contributed by atoms with Crippen molar-refractivity contribution >= 4 is 24.1 Å². The van der Waals surface area contributed by atoms with Gasteiger partial charge in [-0.15, -0.1) is 11.8 Å². The first-order valence-electron chi connectivity index (χ1n) is 14.9. The van der Waals surface area contributed by atoms with Gasteiger partial charge >= 0.3 is 12.2 Å². The van der Waals surface area contributed by atoms with Gasteiger partial charge in [0.05, 0.1) is 50.8 Å². The third kappa shape index (κ3) is 11.8. The molecular formula is C30H46N2O10. The molecule has 0 spiro atoms. The minimum absolute atomic E-state index is 0.00312. The highest BCUT2D eigenvalue weighted by Gasteiger charge is 2.49. The zero-order valence-electron chi connectivity index (χ0n) is 25.4. The van der Waals surface area contributed by atoms with Gasteiger partial charge in [0.2, 0.25) is 0 Å². The van der Waals surface area contributed by atoms with E-state index in [4.69, 9.17) is 23.7 Å². The zero-order chi connectivity index (χ0) is 30.6. The molecule has 1 N–H and O–H groups in total. The monoisotopic (exact) mass is 594 g/mol. The Kier molecular flexibility index (Phi) is 12.9. The van der Waals surface area contributed by atoms with Crippen molar-refractivity contribution in [3.05, 3.63) is 0 Å². The second kappa shape index (κ2) is 16.1.